The number of esters is 1. The zero-order valence-electron chi connectivity index (χ0n) is 35.9. The maximum Gasteiger partial charge on any atom is 0.302 e. The Bertz CT molecular complexity index is 1230. The molecule has 0 radical (unpaired) electrons. The van der Waals surface area contributed by atoms with E-state index in [9.17, 15) is 14.4 Å². The summed E-state index contributed by atoms with van der Waals surface area (Å²) in [5.74, 6) is 7.11. The number of likely N-dealkylation sites (tertiary alicyclic amines) is 1. The van der Waals surface area contributed by atoms with Crippen LogP contribution < -0.4 is 10.6 Å². The third-order valence-electron chi connectivity index (χ3n) is 7.32. The van der Waals surface area contributed by atoms with Crippen LogP contribution >= 0.6 is 11.3 Å². The number of benzene rings is 1. The first-order chi connectivity index (χ1) is 25.6. The summed E-state index contributed by atoms with van der Waals surface area (Å²) >= 11 is 1.64. The maximum atomic E-state index is 12.5. The number of hydrogen-bond acceptors (Lipinski definition) is 8. The van der Waals surface area contributed by atoms with E-state index in [0.29, 0.717) is 25.3 Å². The van der Waals surface area contributed by atoms with Crippen molar-refractivity contribution in [2.45, 2.75) is 141 Å². The van der Waals surface area contributed by atoms with E-state index < -0.39 is 0 Å². The summed E-state index contributed by atoms with van der Waals surface area (Å²) in [7, 11) is 1.35. The number of thiazole rings is 1. The summed E-state index contributed by atoms with van der Waals surface area (Å²) in [4.78, 5) is 39.7. The molecule has 53 heavy (non-hydrogen) atoms. The maximum absolute atomic E-state index is 12.5. The van der Waals surface area contributed by atoms with Gasteiger partial charge in [-0.25, -0.2) is 4.98 Å². The van der Waals surface area contributed by atoms with E-state index in [1.54, 1.807) is 11.3 Å². The van der Waals surface area contributed by atoms with Gasteiger partial charge in [0.2, 0.25) is 12.3 Å². The number of unbranched alkanes of at least 4 members (excludes halogenated alkanes) is 1. The van der Waals surface area contributed by atoms with Crippen molar-refractivity contribution < 1.29 is 23.9 Å². The van der Waals surface area contributed by atoms with Gasteiger partial charge in [0, 0.05) is 52.0 Å². The number of amides is 2. The smallest absolute Gasteiger partial charge is 0.302 e. The summed E-state index contributed by atoms with van der Waals surface area (Å²) in [5.41, 5.74) is 5.14. The van der Waals surface area contributed by atoms with Crippen molar-refractivity contribution in [1.29, 1.82) is 0 Å². The minimum absolute atomic E-state index is 0.0422. The van der Waals surface area contributed by atoms with Crippen molar-refractivity contribution in [2.24, 2.45) is 11.3 Å². The van der Waals surface area contributed by atoms with Gasteiger partial charge in [0.25, 0.3) is 0 Å². The van der Waals surface area contributed by atoms with Crippen LogP contribution in [-0.2, 0) is 30.4 Å². The van der Waals surface area contributed by atoms with E-state index in [0.717, 1.165) is 63.3 Å². The number of aryl methyl sites for hydroxylation is 1. The SMILES string of the molecule is CC.CC.CC.CC.CCCCOC1CCN(C(=O)CC(C)(C)CNCC#CC2CC2)C1.COC(C)=O.Cc1ncsc1-c1ccc(CNC=O)cc1. The van der Waals surface area contributed by atoms with Crippen LogP contribution in [0.1, 0.15) is 133 Å². The van der Waals surface area contributed by atoms with Crippen LogP contribution in [0, 0.1) is 30.1 Å². The van der Waals surface area contributed by atoms with Gasteiger partial charge in [0.05, 0.1) is 35.8 Å². The standard InChI is InChI=1S/C20H34N2O2.C12H12N2OS.C3H6O2.4C2H6/c1-4-5-13-24-18-10-12-22(15-18)19(23)14-20(2,3)16-21-11-6-7-17-8-9-17;1-9-12(16-8-14-9)11-4-2-10(3-5-11)6-13-7-15;1-3(4)5-2;4*1-2/h17-18,21H,4-5,8-16H2,1-3H3;2-5,7-8H,6H2,1H3,(H,13,15);1-2H3;4*1-2H3. The van der Waals surface area contributed by atoms with E-state index >= 15 is 0 Å². The molecule has 0 spiro atoms. The fourth-order valence-corrected chi connectivity index (χ4v) is 5.28. The summed E-state index contributed by atoms with van der Waals surface area (Å²) in [6.07, 6.45) is 7.30. The number of hydrogen-bond donors (Lipinski definition) is 2. The molecular weight excluding hydrogens is 685 g/mol. The molecule has 9 nitrogen and oxygen atoms in total. The zero-order chi connectivity index (χ0) is 41.1. The highest BCUT2D eigenvalue weighted by molar-refractivity contribution is 7.13. The molecular formula is C43H76N4O5S. The lowest BCUT2D eigenvalue weighted by atomic mass is 9.88. The number of methoxy groups -OCH3 is 1. The Labute approximate surface area is 328 Å². The number of aromatic nitrogens is 1. The molecule has 4 rings (SSSR count). The molecule has 0 bridgehead atoms. The predicted molar refractivity (Wildman–Crippen MR) is 226 cm³/mol. The van der Waals surface area contributed by atoms with E-state index in [4.69, 9.17) is 4.74 Å². The number of carbonyl (C=O) groups excluding carboxylic acids is 3. The molecule has 10 heteroatoms. The second kappa shape index (κ2) is 35.8. The van der Waals surface area contributed by atoms with Crippen LogP contribution in [0.5, 0.6) is 0 Å². The molecule has 1 saturated heterocycles. The van der Waals surface area contributed by atoms with Gasteiger partial charge in [0.15, 0.2) is 0 Å². The van der Waals surface area contributed by atoms with Crippen molar-refractivity contribution in [3.8, 4) is 22.3 Å². The Morgan fingerprint density at radius 3 is 2.13 bits per heavy atom. The lowest BCUT2D eigenvalue weighted by Crippen LogP contribution is -2.37. The molecule has 1 aromatic heterocycles. The van der Waals surface area contributed by atoms with Gasteiger partial charge in [-0.1, -0.05) is 119 Å². The van der Waals surface area contributed by atoms with E-state index in [-0.39, 0.29) is 23.4 Å². The predicted octanol–water partition coefficient (Wildman–Crippen LogP) is 9.47. The third kappa shape index (κ3) is 27.9. The van der Waals surface area contributed by atoms with Gasteiger partial charge in [-0.3, -0.25) is 14.4 Å². The highest BCUT2D eigenvalue weighted by Gasteiger charge is 2.30. The molecule has 2 heterocycles. The summed E-state index contributed by atoms with van der Waals surface area (Å²) < 4.78 is 9.96. The van der Waals surface area contributed by atoms with Crippen LogP contribution in [0.3, 0.4) is 0 Å². The van der Waals surface area contributed by atoms with Crippen molar-refractivity contribution in [2.75, 3.05) is 39.9 Å². The Morgan fingerprint density at radius 1 is 1.04 bits per heavy atom. The summed E-state index contributed by atoms with van der Waals surface area (Å²) in [6, 6.07) is 8.15. The topological polar surface area (TPSA) is 110 Å². The van der Waals surface area contributed by atoms with Gasteiger partial charge in [-0.2, -0.15) is 0 Å². The molecule has 1 aliphatic heterocycles. The normalized spacial score (nSPS) is 13.5. The van der Waals surface area contributed by atoms with Gasteiger partial charge < -0.3 is 25.0 Å². The summed E-state index contributed by atoms with van der Waals surface area (Å²) in [6.45, 7) is 30.4. The minimum Gasteiger partial charge on any atom is -0.469 e. The van der Waals surface area contributed by atoms with Crippen LogP contribution in [0.2, 0.25) is 0 Å². The Balaban J connectivity index is -0.000000742. The first kappa shape index (κ1) is 54.1. The summed E-state index contributed by atoms with van der Waals surface area (Å²) in [5, 5.41) is 6.02. The Hall–Kier alpha value is -3.26. The lowest BCUT2D eigenvalue weighted by Gasteiger charge is -2.27. The second-order valence-corrected chi connectivity index (χ2v) is 13.0. The van der Waals surface area contributed by atoms with Gasteiger partial charge in [0.1, 0.15) is 0 Å². The monoisotopic (exact) mass is 761 g/mol. The molecule has 2 N–H and O–H groups in total. The Morgan fingerprint density at radius 2 is 1.64 bits per heavy atom. The van der Waals surface area contributed by atoms with Crippen molar-refractivity contribution in [3.05, 3.63) is 41.0 Å². The van der Waals surface area contributed by atoms with Crippen LogP contribution in [0.15, 0.2) is 29.8 Å². The molecule has 304 valence electrons. The highest BCUT2D eigenvalue weighted by atomic mass is 32.1. The largest absolute Gasteiger partial charge is 0.469 e. The first-order valence-electron chi connectivity index (χ1n) is 19.9. The Kier molecular flexibility index (Phi) is 36.5. The zero-order valence-corrected chi connectivity index (χ0v) is 36.8. The molecule has 1 aromatic carbocycles. The number of rotatable bonds is 13. The van der Waals surface area contributed by atoms with Crippen LogP contribution in [-0.4, -0.2) is 74.2 Å². The number of ether oxygens (including phenoxy) is 2. The number of carbonyl (C=O) groups is 3. The molecule has 2 fully saturated rings. The van der Waals surface area contributed by atoms with E-state index in [2.05, 4.69) is 65.1 Å². The lowest BCUT2D eigenvalue weighted by molar-refractivity contribution is -0.138. The van der Waals surface area contributed by atoms with Crippen LogP contribution in [0.4, 0.5) is 0 Å². The minimum atomic E-state index is -0.245. The highest BCUT2D eigenvalue weighted by Crippen LogP contribution is 2.28. The molecule has 2 aliphatic rings. The average Bonchev–Trinajstić information content (AvgIpc) is 3.71. The third-order valence-corrected chi connectivity index (χ3v) is 8.30. The fraction of sp³-hybridized carbons (Fsp3) is 0.674. The fourth-order valence-electron chi connectivity index (χ4n) is 4.47. The molecule has 2 aromatic rings. The average molecular weight is 761 g/mol. The van der Waals surface area contributed by atoms with Crippen molar-refractivity contribution in [1.82, 2.24) is 20.5 Å². The number of nitrogens with zero attached hydrogens (tertiary/aromatic N) is 2. The first-order valence-corrected chi connectivity index (χ1v) is 20.8. The molecule has 2 amide bonds. The van der Waals surface area contributed by atoms with Gasteiger partial charge in [-0.05, 0) is 49.1 Å². The van der Waals surface area contributed by atoms with Crippen LogP contribution in [0.25, 0.3) is 10.4 Å². The van der Waals surface area contributed by atoms with Gasteiger partial charge >= 0.3 is 5.97 Å². The molecule has 1 unspecified atom stereocenters. The van der Waals surface area contributed by atoms with E-state index in [1.165, 1.54) is 37.3 Å². The molecule has 1 saturated carbocycles. The van der Waals surface area contributed by atoms with E-state index in [1.807, 2.05) is 84.9 Å². The quantitative estimate of drug-likeness (QED) is 0.0906. The molecule has 1 atom stereocenters. The van der Waals surface area contributed by atoms with Gasteiger partial charge in [-0.15, -0.1) is 11.3 Å². The molecule has 1 aliphatic carbocycles. The second-order valence-electron chi connectivity index (χ2n) is 12.2. The van der Waals surface area contributed by atoms with Crippen molar-refractivity contribution >= 4 is 29.6 Å². The number of nitrogens with one attached hydrogen (secondary N) is 2. The van der Waals surface area contributed by atoms with Crippen molar-refractivity contribution in [3.63, 3.8) is 0 Å².